The van der Waals surface area contributed by atoms with E-state index in [1.807, 2.05) is 36.1 Å². The molecular weight excluding hydrogens is 414 g/mol. The lowest BCUT2D eigenvalue weighted by Gasteiger charge is -2.37. The lowest BCUT2D eigenvalue weighted by atomic mass is 10.0. The molecule has 0 unspecified atom stereocenters. The number of hydrogen-bond acceptors (Lipinski definition) is 5. The summed E-state index contributed by atoms with van der Waals surface area (Å²) >= 11 is 1.70. The van der Waals surface area contributed by atoms with Crippen molar-refractivity contribution in [1.29, 1.82) is 0 Å². The lowest BCUT2D eigenvalue weighted by molar-refractivity contribution is -0.135. The molecule has 0 fully saturated rings. The fourth-order valence-corrected chi connectivity index (χ4v) is 4.56. The SMILES string of the molecule is C=CCN(CC(=O)N1CCc2sccc2[C@@H]1COc1cccc(OC)c1)C(=O)NCC. The molecule has 0 spiro atoms. The van der Waals surface area contributed by atoms with Crippen LogP contribution in [-0.2, 0) is 11.2 Å². The molecule has 1 atom stereocenters. The highest BCUT2D eigenvalue weighted by atomic mass is 32.1. The normalized spacial score (nSPS) is 15.0. The van der Waals surface area contributed by atoms with Gasteiger partial charge in [0, 0.05) is 30.6 Å². The molecule has 166 valence electrons. The van der Waals surface area contributed by atoms with Gasteiger partial charge in [0.1, 0.15) is 24.7 Å². The van der Waals surface area contributed by atoms with Crippen LogP contribution in [0.3, 0.4) is 0 Å². The molecule has 1 aliphatic heterocycles. The summed E-state index contributed by atoms with van der Waals surface area (Å²) in [6.07, 6.45) is 2.43. The number of nitrogens with one attached hydrogen (secondary N) is 1. The van der Waals surface area contributed by atoms with Gasteiger partial charge in [0.25, 0.3) is 0 Å². The average molecular weight is 444 g/mol. The van der Waals surface area contributed by atoms with E-state index in [0.717, 1.165) is 12.0 Å². The minimum atomic E-state index is -0.270. The van der Waals surface area contributed by atoms with Crippen LogP contribution in [-0.4, -0.2) is 61.6 Å². The smallest absolute Gasteiger partial charge is 0.318 e. The summed E-state index contributed by atoms with van der Waals surface area (Å²) in [5.41, 5.74) is 1.11. The first-order valence-corrected chi connectivity index (χ1v) is 11.2. The zero-order chi connectivity index (χ0) is 22.2. The van der Waals surface area contributed by atoms with Gasteiger partial charge < -0.3 is 24.6 Å². The molecule has 1 aliphatic rings. The molecule has 31 heavy (non-hydrogen) atoms. The van der Waals surface area contributed by atoms with Crippen molar-refractivity contribution in [2.45, 2.75) is 19.4 Å². The van der Waals surface area contributed by atoms with E-state index in [0.29, 0.717) is 37.7 Å². The number of fused-ring (bicyclic) bond motifs is 1. The molecule has 1 aromatic carbocycles. The number of carbonyl (C=O) groups excluding carboxylic acids is 2. The van der Waals surface area contributed by atoms with Crippen molar-refractivity contribution < 1.29 is 19.1 Å². The van der Waals surface area contributed by atoms with Gasteiger partial charge in [-0.25, -0.2) is 4.79 Å². The Bertz CT molecular complexity index is 914. The maximum Gasteiger partial charge on any atom is 0.318 e. The fraction of sp³-hybridized carbons (Fsp3) is 0.391. The second-order valence-corrected chi connectivity index (χ2v) is 8.15. The van der Waals surface area contributed by atoms with Crippen molar-refractivity contribution in [3.8, 4) is 11.5 Å². The van der Waals surface area contributed by atoms with Crippen molar-refractivity contribution >= 4 is 23.3 Å². The Morgan fingerprint density at radius 1 is 1.35 bits per heavy atom. The van der Waals surface area contributed by atoms with Crippen LogP contribution >= 0.6 is 11.3 Å². The lowest BCUT2D eigenvalue weighted by Crippen LogP contribution is -2.49. The Hall–Kier alpha value is -3.00. The number of methoxy groups -OCH3 is 1. The van der Waals surface area contributed by atoms with Gasteiger partial charge in [-0.05, 0) is 42.5 Å². The van der Waals surface area contributed by atoms with Crippen LogP contribution in [0, 0.1) is 0 Å². The first-order valence-electron chi connectivity index (χ1n) is 10.3. The molecular formula is C23H29N3O4S. The van der Waals surface area contributed by atoms with Crippen molar-refractivity contribution in [2.24, 2.45) is 0 Å². The van der Waals surface area contributed by atoms with E-state index in [4.69, 9.17) is 9.47 Å². The largest absolute Gasteiger partial charge is 0.497 e. The Morgan fingerprint density at radius 3 is 2.90 bits per heavy atom. The second kappa shape index (κ2) is 10.9. The summed E-state index contributed by atoms with van der Waals surface area (Å²) in [5, 5.41) is 4.80. The Kier molecular flexibility index (Phi) is 7.94. The van der Waals surface area contributed by atoms with E-state index in [2.05, 4.69) is 23.3 Å². The van der Waals surface area contributed by atoms with Gasteiger partial charge in [0.2, 0.25) is 5.91 Å². The van der Waals surface area contributed by atoms with Crippen LogP contribution < -0.4 is 14.8 Å². The number of urea groups is 1. The summed E-state index contributed by atoms with van der Waals surface area (Å²) < 4.78 is 11.3. The molecule has 7 nitrogen and oxygen atoms in total. The van der Waals surface area contributed by atoms with Gasteiger partial charge >= 0.3 is 6.03 Å². The summed E-state index contributed by atoms with van der Waals surface area (Å²) in [5.74, 6) is 1.29. The molecule has 3 amide bonds. The third kappa shape index (κ3) is 5.58. The predicted octanol–water partition coefficient (Wildman–Crippen LogP) is 3.48. The molecule has 2 aromatic rings. The quantitative estimate of drug-likeness (QED) is 0.603. The molecule has 8 heteroatoms. The molecule has 3 rings (SSSR count). The number of benzene rings is 1. The van der Waals surface area contributed by atoms with Gasteiger partial charge in [0.05, 0.1) is 13.2 Å². The third-order valence-corrected chi connectivity index (χ3v) is 6.15. The van der Waals surface area contributed by atoms with Crippen molar-refractivity contribution in [3.63, 3.8) is 0 Å². The number of ether oxygens (including phenoxy) is 2. The highest BCUT2D eigenvalue weighted by Crippen LogP contribution is 2.34. The van der Waals surface area contributed by atoms with Crippen LogP contribution in [0.25, 0.3) is 0 Å². The Morgan fingerprint density at radius 2 is 2.16 bits per heavy atom. The predicted molar refractivity (Wildman–Crippen MR) is 122 cm³/mol. The third-order valence-electron chi connectivity index (χ3n) is 5.16. The van der Waals surface area contributed by atoms with Crippen LogP contribution in [0.5, 0.6) is 11.5 Å². The van der Waals surface area contributed by atoms with Crippen molar-refractivity contribution in [2.75, 3.05) is 39.9 Å². The Balaban J connectivity index is 1.76. The molecule has 0 radical (unpaired) electrons. The molecule has 0 saturated carbocycles. The summed E-state index contributed by atoms with van der Waals surface area (Å²) in [6.45, 7) is 7.27. The van der Waals surface area contributed by atoms with Gasteiger partial charge in [0.15, 0.2) is 0 Å². The van der Waals surface area contributed by atoms with Crippen LogP contribution in [0.1, 0.15) is 23.4 Å². The maximum atomic E-state index is 13.2. The second-order valence-electron chi connectivity index (χ2n) is 7.15. The highest BCUT2D eigenvalue weighted by molar-refractivity contribution is 7.10. The number of rotatable bonds is 9. The summed E-state index contributed by atoms with van der Waals surface area (Å²) in [7, 11) is 1.61. The first-order chi connectivity index (χ1) is 15.1. The van der Waals surface area contributed by atoms with E-state index in [1.165, 1.54) is 9.78 Å². The average Bonchev–Trinajstić information content (AvgIpc) is 3.26. The van der Waals surface area contributed by atoms with Crippen molar-refractivity contribution in [3.05, 3.63) is 58.8 Å². The maximum absolute atomic E-state index is 13.2. The van der Waals surface area contributed by atoms with Gasteiger partial charge in [-0.2, -0.15) is 0 Å². The molecule has 0 saturated heterocycles. The van der Waals surface area contributed by atoms with Crippen LogP contribution in [0.4, 0.5) is 4.79 Å². The van der Waals surface area contributed by atoms with Gasteiger partial charge in [-0.1, -0.05) is 12.1 Å². The van der Waals surface area contributed by atoms with E-state index in [1.54, 1.807) is 24.5 Å². The standard InChI is InChI=1S/C23H29N3O4S/c1-4-11-25(23(28)24-5-2)15-22(27)26-12-9-21-19(10-13-31-21)20(26)16-30-18-8-6-7-17(14-18)29-3/h4,6-8,10,13-14,20H,1,5,9,11-12,15-16H2,2-3H3,(H,24,28)/t20-/m0/s1. The number of thiophene rings is 1. The number of carbonyl (C=O) groups is 2. The van der Waals surface area contributed by atoms with E-state index in [-0.39, 0.29) is 24.5 Å². The van der Waals surface area contributed by atoms with Gasteiger partial charge in [-0.15, -0.1) is 17.9 Å². The molecule has 0 aliphatic carbocycles. The molecule has 1 N–H and O–H groups in total. The minimum absolute atomic E-state index is 0.00696. The summed E-state index contributed by atoms with van der Waals surface area (Å²) in [4.78, 5) is 30.1. The zero-order valence-electron chi connectivity index (χ0n) is 18.0. The Labute approximate surface area is 187 Å². The fourth-order valence-electron chi connectivity index (χ4n) is 3.63. The zero-order valence-corrected chi connectivity index (χ0v) is 18.8. The van der Waals surface area contributed by atoms with Gasteiger partial charge in [-0.3, -0.25) is 4.79 Å². The minimum Gasteiger partial charge on any atom is -0.497 e. The summed E-state index contributed by atoms with van der Waals surface area (Å²) in [6, 6.07) is 8.99. The molecule has 2 heterocycles. The van der Waals surface area contributed by atoms with Crippen LogP contribution in [0.15, 0.2) is 48.4 Å². The molecule has 1 aromatic heterocycles. The number of amides is 3. The van der Waals surface area contributed by atoms with Crippen molar-refractivity contribution in [1.82, 2.24) is 15.1 Å². The van der Waals surface area contributed by atoms with E-state index >= 15 is 0 Å². The number of hydrogen-bond donors (Lipinski definition) is 1. The van der Waals surface area contributed by atoms with Crippen LogP contribution in [0.2, 0.25) is 0 Å². The monoisotopic (exact) mass is 443 g/mol. The van der Waals surface area contributed by atoms with E-state index < -0.39 is 0 Å². The first kappa shape index (κ1) is 22.7. The topological polar surface area (TPSA) is 71.1 Å². The highest BCUT2D eigenvalue weighted by Gasteiger charge is 2.33. The number of nitrogens with zero attached hydrogens (tertiary/aromatic N) is 2. The van der Waals surface area contributed by atoms with E-state index in [9.17, 15) is 9.59 Å². The molecule has 0 bridgehead atoms.